The molecule has 1 aromatic carbocycles. The Labute approximate surface area is 129 Å². The molecule has 5 nitrogen and oxygen atoms in total. The van der Waals surface area contributed by atoms with Crippen LogP contribution in [0.25, 0.3) is 11.3 Å². The van der Waals surface area contributed by atoms with Crippen molar-refractivity contribution >= 4 is 5.91 Å². The second-order valence-electron chi connectivity index (χ2n) is 5.33. The number of nitrogens with zero attached hydrogens (tertiary/aromatic N) is 1. The maximum absolute atomic E-state index is 12.5. The van der Waals surface area contributed by atoms with Crippen LogP contribution in [0.15, 0.2) is 46.5 Å². The van der Waals surface area contributed by atoms with Gasteiger partial charge in [-0.05, 0) is 19.9 Å². The summed E-state index contributed by atoms with van der Waals surface area (Å²) < 4.78 is 5.23. The molecule has 2 N–H and O–H groups in total. The summed E-state index contributed by atoms with van der Waals surface area (Å²) in [6, 6.07) is 9.61. The van der Waals surface area contributed by atoms with Crippen molar-refractivity contribution < 1.29 is 9.32 Å². The van der Waals surface area contributed by atoms with Crippen molar-refractivity contribution in [2.45, 2.75) is 13.3 Å². The fourth-order valence-corrected chi connectivity index (χ4v) is 2.54. The molecule has 114 valence electrons. The van der Waals surface area contributed by atoms with E-state index in [4.69, 9.17) is 4.52 Å². The summed E-state index contributed by atoms with van der Waals surface area (Å²) in [5.74, 6) is 0.396. The largest absolute Gasteiger partial charge is 0.360 e. The summed E-state index contributed by atoms with van der Waals surface area (Å²) in [5, 5.41) is 10.3. The van der Waals surface area contributed by atoms with Crippen LogP contribution in [0.1, 0.15) is 22.5 Å². The van der Waals surface area contributed by atoms with Gasteiger partial charge in [0.05, 0.1) is 0 Å². The predicted molar refractivity (Wildman–Crippen MR) is 84.6 cm³/mol. The fraction of sp³-hybridized carbons (Fsp3) is 0.294. The Morgan fingerprint density at radius 3 is 2.91 bits per heavy atom. The highest BCUT2D eigenvalue weighted by molar-refractivity contribution is 6.00. The molecule has 2 aromatic rings. The van der Waals surface area contributed by atoms with Gasteiger partial charge in [0.1, 0.15) is 17.0 Å². The third-order valence-corrected chi connectivity index (χ3v) is 3.77. The quantitative estimate of drug-likeness (QED) is 0.850. The molecule has 3 rings (SSSR count). The fourth-order valence-electron chi connectivity index (χ4n) is 2.54. The minimum Gasteiger partial charge on any atom is -0.360 e. The number of rotatable bonds is 4. The second-order valence-corrected chi connectivity index (χ2v) is 5.33. The molecule has 0 bridgehead atoms. The standard InChI is InChI=1S/C17H19N3O2/c1-12-15(16(20-22-12)14-5-3-2-4-6-14)17(21)19-11-13-7-9-18-10-8-13/h2-7,18H,8-11H2,1H3,(H,19,21). The van der Waals surface area contributed by atoms with Crippen molar-refractivity contribution in [3.63, 3.8) is 0 Å². The van der Waals surface area contributed by atoms with Crippen LogP contribution in [0.2, 0.25) is 0 Å². The molecule has 0 fully saturated rings. The Hall–Kier alpha value is -2.40. The Balaban J connectivity index is 1.78. The first-order valence-corrected chi connectivity index (χ1v) is 7.44. The summed E-state index contributed by atoms with van der Waals surface area (Å²) in [4.78, 5) is 12.5. The number of hydrogen-bond donors (Lipinski definition) is 2. The Morgan fingerprint density at radius 2 is 2.18 bits per heavy atom. The summed E-state index contributed by atoms with van der Waals surface area (Å²) in [5.41, 5.74) is 3.24. The smallest absolute Gasteiger partial charge is 0.257 e. The van der Waals surface area contributed by atoms with Gasteiger partial charge in [-0.2, -0.15) is 0 Å². The highest BCUT2D eigenvalue weighted by Crippen LogP contribution is 2.24. The van der Waals surface area contributed by atoms with Crippen molar-refractivity contribution in [1.29, 1.82) is 0 Å². The first-order valence-electron chi connectivity index (χ1n) is 7.44. The lowest BCUT2D eigenvalue weighted by atomic mass is 10.1. The maximum Gasteiger partial charge on any atom is 0.257 e. The zero-order valence-corrected chi connectivity index (χ0v) is 12.6. The first-order chi connectivity index (χ1) is 10.8. The average Bonchev–Trinajstić information content (AvgIpc) is 2.96. The van der Waals surface area contributed by atoms with Gasteiger partial charge < -0.3 is 15.2 Å². The lowest BCUT2D eigenvalue weighted by Gasteiger charge is -2.14. The van der Waals surface area contributed by atoms with Crippen LogP contribution in [-0.2, 0) is 0 Å². The van der Waals surface area contributed by atoms with Crippen LogP contribution in [0.5, 0.6) is 0 Å². The van der Waals surface area contributed by atoms with E-state index < -0.39 is 0 Å². The summed E-state index contributed by atoms with van der Waals surface area (Å²) >= 11 is 0. The SMILES string of the molecule is Cc1onc(-c2ccccc2)c1C(=O)NCC1=CCNCC1. The molecule has 0 saturated carbocycles. The van der Waals surface area contributed by atoms with Gasteiger partial charge in [-0.1, -0.05) is 47.1 Å². The molecule has 1 aliphatic rings. The van der Waals surface area contributed by atoms with E-state index in [0.717, 1.165) is 25.1 Å². The minimum absolute atomic E-state index is 0.142. The van der Waals surface area contributed by atoms with Crippen molar-refractivity contribution in [3.8, 4) is 11.3 Å². The summed E-state index contributed by atoms with van der Waals surface area (Å²) in [7, 11) is 0. The zero-order chi connectivity index (χ0) is 15.4. The Kier molecular flexibility index (Phi) is 4.34. The van der Waals surface area contributed by atoms with E-state index in [0.29, 0.717) is 23.6 Å². The molecular formula is C17H19N3O2. The normalized spacial score (nSPS) is 14.5. The Bertz CT molecular complexity index is 689. The topological polar surface area (TPSA) is 67.2 Å². The molecule has 0 aliphatic carbocycles. The third-order valence-electron chi connectivity index (χ3n) is 3.77. The van der Waals surface area contributed by atoms with Crippen molar-refractivity contribution in [1.82, 2.24) is 15.8 Å². The van der Waals surface area contributed by atoms with Crippen molar-refractivity contribution in [2.75, 3.05) is 19.6 Å². The first kappa shape index (κ1) is 14.5. The molecule has 0 saturated heterocycles. The number of aryl methyl sites for hydroxylation is 1. The van der Waals surface area contributed by atoms with Gasteiger partial charge in [0.25, 0.3) is 5.91 Å². The average molecular weight is 297 g/mol. The third kappa shape index (κ3) is 3.09. The molecule has 0 unspecified atom stereocenters. The number of hydrogen-bond acceptors (Lipinski definition) is 4. The summed E-state index contributed by atoms with van der Waals surface area (Å²) in [6.45, 7) is 4.16. The Morgan fingerprint density at radius 1 is 1.36 bits per heavy atom. The molecule has 1 aliphatic heterocycles. The van der Waals surface area contributed by atoms with Crippen LogP contribution in [0.3, 0.4) is 0 Å². The molecule has 1 aromatic heterocycles. The minimum atomic E-state index is -0.142. The van der Waals surface area contributed by atoms with E-state index in [2.05, 4.69) is 21.9 Å². The molecular weight excluding hydrogens is 278 g/mol. The molecule has 0 radical (unpaired) electrons. The number of amides is 1. The van der Waals surface area contributed by atoms with E-state index in [9.17, 15) is 4.79 Å². The summed E-state index contributed by atoms with van der Waals surface area (Å²) in [6.07, 6.45) is 3.09. The number of carbonyl (C=O) groups excluding carboxylic acids is 1. The van der Waals surface area contributed by atoms with E-state index >= 15 is 0 Å². The highest BCUT2D eigenvalue weighted by atomic mass is 16.5. The van der Waals surface area contributed by atoms with Crippen molar-refractivity contribution in [2.24, 2.45) is 0 Å². The maximum atomic E-state index is 12.5. The molecule has 5 heteroatoms. The van der Waals surface area contributed by atoms with Crippen LogP contribution in [0.4, 0.5) is 0 Å². The van der Waals surface area contributed by atoms with Gasteiger partial charge in [-0.25, -0.2) is 0 Å². The van der Waals surface area contributed by atoms with Gasteiger partial charge in [0.2, 0.25) is 0 Å². The molecule has 22 heavy (non-hydrogen) atoms. The van der Waals surface area contributed by atoms with E-state index in [1.807, 2.05) is 30.3 Å². The number of nitrogens with one attached hydrogen (secondary N) is 2. The number of carbonyl (C=O) groups is 1. The van der Waals surface area contributed by atoms with E-state index in [-0.39, 0.29) is 5.91 Å². The molecule has 2 heterocycles. The van der Waals surface area contributed by atoms with Gasteiger partial charge in [-0.3, -0.25) is 4.79 Å². The molecule has 0 spiro atoms. The van der Waals surface area contributed by atoms with Gasteiger partial charge in [-0.15, -0.1) is 0 Å². The molecule has 0 atom stereocenters. The van der Waals surface area contributed by atoms with E-state index in [1.54, 1.807) is 6.92 Å². The zero-order valence-electron chi connectivity index (χ0n) is 12.6. The number of aromatic nitrogens is 1. The van der Waals surface area contributed by atoms with Gasteiger partial charge in [0.15, 0.2) is 0 Å². The van der Waals surface area contributed by atoms with Crippen molar-refractivity contribution in [3.05, 3.63) is 53.3 Å². The van der Waals surface area contributed by atoms with Crippen LogP contribution < -0.4 is 10.6 Å². The van der Waals surface area contributed by atoms with E-state index in [1.165, 1.54) is 5.57 Å². The predicted octanol–water partition coefficient (Wildman–Crippen LogP) is 2.30. The lowest BCUT2D eigenvalue weighted by Crippen LogP contribution is -2.30. The van der Waals surface area contributed by atoms with Gasteiger partial charge in [0, 0.05) is 18.7 Å². The second kappa shape index (κ2) is 6.58. The molecule has 1 amide bonds. The monoisotopic (exact) mass is 297 g/mol. The number of benzene rings is 1. The van der Waals surface area contributed by atoms with Crippen LogP contribution in [0, 0.1) is 6.92 Å². The van der Waals surface area contributed by atoms with Crippen LogP contribution >= 0.6 is 0 Å². The highest BCUT2D eigenvalue weighted by Gasteiger charge is 2.21. The lowest BCUT2D eigenvalue weighted by molar-refractivity contribution is 0.0955. The van der Waals surface area contributed by atoms with Gasteiger partial charge >= 0.3 is 0 Å². The van der Waals surface area contributed by atoms with Crippen LogP contribution in [-0.4, -0.2) is 30.7 Å².